The minimum absolute atomic E-state index is 0.0182. The Kier molecular flexibility index (Phi) is 3.48. The van der Waals surface area contributed by atoms with E-state index in [9.17, 15) is 15.0 Å². The third-order valence-electron chi connectivity index (χ3n) is 4.00. The van der Waals surface area contributed by atoms with E-state index in [1.54, 1.807) is 0 Å². The van der Waals surface area contributed by atoms with Crippen LogP contribution in [0.1, 0.15) is 11.1 Å². The van der Waals surface area contributed by atoms with Crippen molar-refractivity contribution < 1.29 is 19.4 Å². The molecule has 0 spiro atoms. The summed E-state index contributed by atoms with van der Waals surface area (Å²) in [6.45, 7) is 3.95. The topological polar surface area (TPSA) is 79.9 Å². The van der Waals surface area contributed by atoms with E-state index in [4.69, 9.17) is 9.15 Å². The summed E-state index contributed by atoms with van der Waals surface area (Å²) >= 11 is 0. The first kappa shape index (κ1) is 15.0. The van der Waals surface area contributed by atoms with Crippen LogP contribution in [0.5, 0.6) is 17.2 Å². The molecule has 5 nitrogen and oxygen atoms in total. The average molecular weight is 312 g/mol. The van der Waals surface area contributed by atoms with E-state index in [2.05, 4.69) is 0 Å². The summed E-state index contributed by atoms with van der Waals surface area (Å²) in [5, 5.41) is 20.0. The predicted molar refractivity (Wildman–Crippen MR) is 87.3 cm³/mol. The van der Waals surface area contributed by atoms with Gasteiger partial charge in [0.2, 0.25) is 11.2 Å². The van der Waals surface area contributed by atoms with Gasteiger partial charge in [0.25, 0.3) is 0 Å². The van der Waals surface area contributed by atoms with Gasteiger partial charge in [0, 0.05) is 6.07 Å². The normalized spacial score (nSPS) is 10.9. The van der Waals surface area contributed by atoms with E-state index in [-0.39, 0.29) is 27.9 Å². The van der Waals surface area contributed by atoms with Crippen molar-refractivity contribution in [2.75, 3.05) is 7.11 Å². The summed E-state index contributed by atoms with van der Waals surface area (Å²) in [4.78, 5) is 12.8. The molecule has 118 valence electrons. The van der Waals surface area contributed by atoms with Gasteiger partial charge in [0.15, 0.2) is 11.5 Å². The zero-order chi connectivity index (χ0) is 16.7. The lowest BCUT2D eigenvalue weighted by Gasteiger charge is -2.10. The van der Waals surface area contributed by atoms with E-state index in [0.29, 0.717) is 11.1 Å². The van der Waals surface area contributed by atoms with Crippen molar-refractivity contribution in [2.24, 2.45) is 0 Å². The van der Waals surface area contributed by atoms with Gasteiger partial charge in [-0.05, 0) is 30.5 Å². The van der Waals surface area contributed by atoms with Crippen LogP contribution in [0.2, 0.25) is 0 Å². The molecule has 0 saturated heterocycles. The molecule has 0 atom stereocenters. The van der Waals surface area contributed by atoms with E-state index < -0.39 is 5.75 Å². The SMILES string of the molecule is COc1c(O)cc2occ(-c3ccc(C)c(C)c3)c(=O)c2c1O. The number of rotatable bonds is 2. The van der Waals surface area contributed by atoms with Gasteiger partial charge in [-0.2, -0.15) is 0 Å². The Morgan fingerprint density at radius 1 is 1.09 bits per heavy atom. The maximum absolute atomic E-state index is 12.8. The third-order valence-corrected chi connectivity index (χ3v) is 4.00. The molecule has 0 bridgehead atoms. The fourth-order valence-electron chi connectivity index (χ4n) is 2.55. The molecule has 23 heavy (non-hydrogen) atoms. The Balaban J connectivity index is 2.34. The summed E-state index contributed by atoms with van der Waals surface area (Å²) < 4.78 is 10.4. The van der Waals surface area contributed by atoms with Gasteiger partial charge in [0.1, 0.15) is 17.2 Å². The largest absolute Gasteiger partial charge is 0.504 e. The van der Waals surface area contributed by atoms with Crippen LogP contribution in [-0.2, 0) is 0 Å². The number of benzene rings is 2. The van der Waals surface area contributed by atoms with Crippen molar-refractivity contribution in [3.8, 4) is 28.4 Å². The fraction of sp³-hybridized carbons (Fsp3) is 0.167. The van der Waals surface area contributed by atoms with Gasteiger partial charge in [0.05, 0.1) is 12.7 Å². The molecule has 0 aliphatic heterocycles. The quantitative estimate of drug-likeness (QED) is 0.757. The van der Waals surface area contributed by atoms with Crippen molar-refractivity contribution in [1.82, 2.24) is 0 Å². The molecule has 0 aliphatic rings. The summed E-state index contributed by atoms with van der Waals surface area (Å²) in [5.74, 6) is -0.872. The Bertz CT molecular complexity index is 969. The molecule has 0 unspecified atom stereocenters. The van der Waals surface area contributed by atoms with Crippen LogP contribution in [0.15, 0.2) is 39.7 Å². The Hall–Kier alpha value is -2.95. The minimum atomic E-state index is -0.429. The Morgan fingerprint density at radius 3 is 2.48 bits per heavy atom. The number of aromatic hydroxyl groups is 2. The third kappa shape index (κ3) is 2.30. The minimum Gasteiger partial charge on any atom is -0.504 e. The average Bonchev–Trinajstić information content (AvgIpc) is 2.50. The second kappa shape index (κ2) is 5.35. The molecule has 2 aromatic carbocycles. The second-order valence-corrected chi connectivity index (χ2v) is 5.43. The molecule has 0 amide bonds. The zero-order valence-electron chi connectivity index (χ0n) is 13.0. The van der Waals surface area contributed by atoms with Crippen molar-refractivity contribution in [1.29, 1.82) is 0 Å². The molecule has 1 heterocycles. The number of phenols is 2. The molecule has 0 radical (unpaired) electrons. The van der Waals surface area contributed by atoms with Crippen LogP contribution in [0.4, 0.5) is 0 Å². The Labute approximate surface area is 132 Å². The van der Waals surface area contributed by atoms with Crippen molar-refractivity contribution in [3.05, 3.63) is 51.9 Å². The molecule has 1 aromatic heterocycles. The lowest BCUT2D eigenvalue weighted by Crippen LogP contribution is -2.06. The predicted octanol–water partition coefficient (Wildman–Crippen LogP) is 3.50. The first-order chi connectivity index (χ1) is 10.9. The molecular formula is C18H16O5. The molecule has 0 saturated carbocycles. The smallest absolute Gasteiger partial charge is 0.204 e. The first-order valence-electron chi connectivity index (χ1n) is 7.06. The molecule has 3 aromatic rings. The van der Waals surface area contributed by atoms with E-state index in [0.717, 1.165) is 11.1 Å². The number of methoxy groups -OCH3 is 1. The summed E-state index contributed by atoms with van der Waals surface area (Å²) in [6.07, 6.45) is 1.33. The summed E-state index contributed by atoms with van der Waals surface area (Å²) in [7, 11) is 1.30. The lowest BCUT2D eigenvalue weighted by atomic mass is 10.0. The first-order valence-corrected chi connectivity index (χ1v) is 7.06. The second-order valence-electron chi connectivity index (χ2n) is 5.43. The summed E-state index contributed by atoms with van der Waals surface area (Å²) in [6, 6.07) is 6.89. The van der Waals surface area contributed by atoms with Crippen molar-refractivity contribution >= 4 is 11.0 Å². The highest BCUT2D eigenvalue weighted by atomic mass is 16.5. The number of aryl methyl sites for hydroxylation is 2. The highest BCUT2D eigenvalue weighted by Crippen LogP contribution is 2.41. The lowest BCUT2D eigenvalue weighted by molar-refractivity contribution is 0.346. The van der Waals surface area contributed by atoms with E-state index >= 15 is 0 Å². The summed E-state index contributed by atoms with van der Waals surface area (Å²) in [5.41, 5.74) is 2.92. The van der Waals surface area contributed by atoms with E-state index in [1.165, 1.54) is 19.4 Å². The number of fused-ring (bicyclic) bond motifs is 1. The van der Waals surface area contributed by atoms with Crippen LogP contribution in [0.25, 0.3) is 22.1 Å². The fourth-order valence-corrected chi connectivity index (χ4v) is 2.55. The van der Waals surface area contributed by atoms with Gasteiger partial charge in [-0.1, -0.05) is 18.2 Å². The molecular weight excluding hydrogens is 296 g/mol. The van der Waals surface area contributed by atoms with Gasteiger partial charge >= 0.3 is 0 Å². The molecule has 2 N–H and O–H groups in total. The van der Waals surface area contributed by atoms with Crippen molar-refractivity contribution in [3.63, 3.8) is 0 Å². The van der Waals surface area contributed by atoms with Crippen LogP contribution in [0, 0.1) is 13.8 Å². The molecule has 3 rings (SSSR count). The van der Waals surface area contributed by atoms with Gasteiger partial charge in [-0.15, -0.1) is 0 Å². The number of phenolic OH excluding ortho intramolecular Hbond substituents is 2. The van der Waals surface area contributed by atoms with E-state index in [1.807, 2.05) is 32.0 Å². The van der Waals surface area contributed by atoms with Gasteiger partial charge in [-0.3, -0.25) is 4.79 Å². The number of hydrogen-bond donors (Lipinski definition) is 2. The highest BCUT2D eigenvalue weighted by Gasteiger charge is 2.19. The maximum Gasteiger partial charge on any atom is 0.204 e. The molecule has 5 heteroatoms. The highest BCUT2D eigenvalue weighted by molar-refractivity contribution is 5.91. The monoisotopic (exact) mass is 312 g/mol. The standard InChI is InChI=1S/C18H16O5/c1-9-4-5-11(6-10(9)2)12-8-23-14-7-13(19)18(22-3)17(21)15(14)16(12)20/h4-8,19,21H,1-3H3. The van der Waals surface area contributed by atoms with Gasteiger partial charge in [-0.25, -0.2) is 0 Å². The van der Waals surface area contributed by atoms with Crippen molar-refractivity contribution in [2.45, 2.75) is 13.8 Å². The Morgan fingerprint density at radius 2 is 1.83 bits per heavy atom. The van der Waals surface area contributed by atoms with Crippen LogP contribution in [0.3, 0.4) is 0 Å². The number of ether oxygens (including phenoxy) is 1. The number of hydrogen-bond acceptors (Lipinski definition) is 5. The zero-order valence-corrected chi connectivity index (χ0v) is 13.0. The maximum atomic E-state index is 12.8. The van der Waals surface area contributed by atoms with Crippen LogP contribution >= 0.6 is 0 Å². The van der Waals surface area contributed by atoms with Crippen LogP contribution in [-0.4, -0.2) is 17.3 Å². The molecule has 0 fully saturated rings. The van der Waals surface area contributed by atoms with Crippen LogP contribution < -0.4 is 10.2 Å². The molecule has 0 aliphatic carbocycles. The van der Waals surface area contributed by atoms with Gasteiger partial charge < -0.3 is 19.4 Å².